The molecule has 0 aliphatic rings. The van der Waals surface area contributed by atoms with Gasteiger partial charge < -0.3 is 21.1 Å². The summed E-state index contributed by atoms with van der Waals surface area (Å²) >= 11 is 0. The van der Waals surface area contributed by atoms with Crippen LogP contribution in [-0.4, -0.2) is 25.0 Å². The van der Waals surface area contributed by atoms with Gasteiger partial charge in [0.15, 0.2) is 0 Å². The lowest BCUT2D eigenvalue weighted by Gasteiger charge is -2.22. The zero-order valence-corrected chi connectivity index (χ0v) is 15.5. The van der Waals surface area contributed by atoms with Crippen LogP contribution in [0.25, 0.3) is 0 Å². The van der Waals surface area contributed by atoms with Gasteiger partial charge in [-0.2, -0.15) is 0 Å². The molecule has 0 saturated carbocycles. The lowest BCUT2D eigenvalue weighted by atomic mass is 10.0. The molecule has 0 aliphatic heterocycles. The Morgan fingerprint density at radius 2 is 1.73 bits per heavy atom. The minimum Gasteiger partial charge on any atom is -0.495 e. The third kappa shape index (κ3) is 4.75. The van der Waals surface area contributed by atoms with E-state index in [1.54, 1.807) is 30.3 Å². The Hall–Kier alpha value is -3.02. The second kappa shape index (κ2) is 8.38. The number of hydrogen-bond acceptors (Lipinski definition) is 4. The maximum Gasteiger partial charge on any atom is 0.251 e. The third-order valence-corrected chi connectivity index (χ3v) is 4.05. The van der Waals surface area contributed by atoms with E-state index in [-0.39, 0.29) is 17.7 Å². The summed E-state index contributed by atoms with van der Waals surface area (Å²) in [7, 11) is 1.53. The molecule has 6 heteroatoms. The number of nitrogens with one attached hydrogen (secondary N) is 2. The fourth-order valence-corrected chi connectivity index (χ4v) is 2.50. The summed E-state index contributed by atoms with van der Waals surface area (Å²) in [5.41, 5.74) is 8.42. The molecule has 2 aromatic rings. The zero-order chi connectivity index (χ0) is 19.3. The van der Waals surface area contributed by atoms with Crippen LogP contribution in [0.1, 0.15) is 29.8 Å². The molecule has 0 heterocycles. The Morgan fingerprint density at radius 3 is 2.27 bits per heavy atom. The smallest absolute Gasteiger partial charge is 0.251 e. The summed E-state index contributed by atoms with van der Waals surface area (Å²) in [6.45, 7) is 5.71. The maximum atomic E-state index is 12.6. The second-order valence-corrected chi connectivity index (χ2v) is 6.51. The van der Waals surface area contributed by atoms with Gasteiger partial charge in [0, 0.05) is 11.3 Å². The second-order valence-electron chi connectivity index (χ2n) is 6.51. The molecular weight excluding hydrogens is 330 g/mol. The Kier molecular flexibility index (Phi) is 6.22. The molecule has 0 spiro atoms. The van der Waals surface area contributed by atoms with Gasteiger partial charge in [-0.3, -0.25) is 9.59 Å². The average molecular weight is 355 g/mol. The first kappa shape index (κ1) is 19.3. The topological polar surface area (TPSA) is 93.5 Å². The fourth-order valence-electron chi connectivity index (χ4n) is 2.50. The SMILES string of the molecule is COc1ccc(NC(=O)C(NC(=O)c2ccc(C)cc2)C(C)C)cc1N. The van der Waals surface area contributed by atoms with Crippen LogP contribution in [-0.2, 0) is 4.79 Å². The largest absolute Gasteiger partial charge is 0.495 e. The van der Waals surface area contributed by atoms with Crippen LogP contribution >= 0.6 is 0 Å². The third-order valence-electron chi connectivity index (χ3n) is 4.05. The van der Waals surface area contributed by atoms with E-state index >= 15 is 0 Å². The fraction of sp³-hybridized carbons (Fsp3) is 0.300. The molecule has 4 N–H and O–H groups in total. The molecule has 0 aliphatic carbocycles. The van der Waals surface area contributed by atoms with Crippen molar-refractivity contribution in [1.82, 2.24) is 5.32 Å². The van der Waals surface area contributed by atoms with Crippen molar-refractivity contribution in [2.75, 3.05) is 18.2 Å². The van der Waals surface area contributed by atoms with Crippen molar-refractivity contribution in [3.05, 3.63) is 53.6 Å². The normalized spacial score (nSPS) is 11.7. The van der Waals surface area contributed by atoms with E-state index in [1.165, 1.54) is 7.11 Å². The molecule has 138 valence electrons. The van der Waals surface area contributed by atoms with Crippen LogP contribution in [0.5, 0.6) is 5.75 Å². The van der Waals surface area contributed by atoms with Crippen molar-refractivity contribution in [3.63, 3.8) is 0 Å². The van der Waals surface area contributed by atoms with Crippen LogP contribution in [0, 0.1) is 12.8 Å². The van der Waals surface area contributed by atoms with Crippen LogP contribution in [0.15, 0.2) is 42.5 Å². The first-order chi connectivity index (χ1) is 12.3. The Morgan fingerprint density at radius 1 is 1.08 bits per heavy atom. The minimum absolute atomic E-state index is 0.0833. The van der Waals surface area contributed by atoms with Crippen LogP contribution in [0.4, 0.5) is 11.4 Å². The van der Waals surface area contributed by atoms with Gasteiger partial charge in [-0.1, -0.05) is 31.5 Å². The van der Waals surface area contributed by atoms with E-state index < -0.39 is 6.04 Å². The van der Waals surface area contributed by atoms with Gasteiger partial charge in [-0.05, 0) is 43.2 Å². The first-order valence-electron chi connectivity index (χ1n) is 8.43. The summed E-state index contributed by atoms with van der Waals surface area (Å²) in [6, 6.07) is 11.5. The standard InChI is InChI=1S/C20H25N3O3/c1-12(2)18(23-19(24)14-7-5-13(3)6-8-14)20(25)22-15-9-10-17(26-4)16(21)11-15/h5-12,18H,21H2,1-4H3,(H,22,25)(H,23,24). The molecule has 6 nitrogen and oxygen atoms in total. The van der Waals surface area contributed by atoms with Crippen molar-refractivity contribution in [2.45, 2.75) is 26.8 Å². The van der Waals surface area contributed by atoms with E-state index in [9.17, 15) is 9.59 Å². The molecule has 2 amide bonds. The van der Waals surface area contributed by atoms with E-state index in [0.29, 0.717) is 22.7 Å². The van der Waals surface area contributed by atoms with Gasteiger partial charge in [0.2, 0.25) is 5.91 Å². The Bertz CT molecular complexity index is 785. The molecular formula is C20H25N3O3. The Balaban J connectivity index is 2.10. The molecule has 0 bridgehead atoms. The molecule has 1 atom stereocenters. The predicted octanol–water partition coefficient (Wildman–Crippen LogP) is 2.98. The van der Waals surface area contributed by atoms with Crippen molar-refractivity contribution >= 4 is 23.2 Å². The molecule has 26 heavy (non-hydrogen) atoms. The van der Waals surface area contributed by atoms with E-state index in [1.807, 2.05) is 32.9 Å². The highest BCUT2D eigenvalue weighted by Gasteiger charge is 2.25. The minimum atomic E-state index is -0.674. The van der Waals surface area contributed by atoms with Crippen LogP contribution < -0.4 is 21.1 Å². The number of methoxy groups -OCH3 is 1. The lowest BCUT2D eigenvalue weighted by molar-refractivity contribution is -0.118. The molecule has 2 aromatic carbocycles. The van der Waals surface area contributed by atoms with Gasteiger partial charge >= 0.3 is 0 Å². The average Bonchev–Trinajstić information content (AvgIpc) is 2.59. The summed E-state index contributed by atoms with van der Waals surface area (Å²) in [5.74, 6) is -0.130. The van der Waals surface area contributed by atoms with Crippen LogP contribution in [0.3, 0.4) is 0 Å². The van der Waals surface area contributed by atoms with E-state index in [4.69, 9.17) is 10.5 Å². The number of ether oxygens (including phenoxy) is 1. The summed E-state index contributed by atoms with van der Waals surface area (Å²) in [5, 5.41) is 5.59. The number of rotatable bonds is 6. The van der Waals surface area contributed by atoms with Gasteiger partial charge in [-0.15, -0.1) is 0 Å². The number of amides is 2. The van der Waals surface area contributed by atoms with Gasteiger partial charge in [0.25, 0.3) is 5.91 Å². The van der Waals surface area contributed by atoms with Crippen molar-refractivity contribution in [3.8, 4) is 5.75 Å². The number of nitrogens with two attached hydrogens (primary N) is 1. The number of carbonyl (C=O) groups excluding carboxylic acids is 2. The Labute approximate surface area is 153 Å². The molecule has 2 rings (SSSR count). The first-order valence-corrected chi connectivity index (χ1v) is 8.43. The highest BCUT2D eigenvalue weighted by atomic mass is 16.5. The van der Waals surface area contributed by atoms with Gasteiger partial charge in [0.1, 0.15) is 11.8 Å². The zero-order valence-electron chi connectivity index (χ0n) is 15.5. The molecule has 0 radical (unpaired) electrons. The predicted molar refractivity (Wildman–Crippen MR) is 103 cm³/mol. The van der Waals surface area contributed by atoms with Crippen molar-refractivity contribution in [2.24, 2.45) is 5.92 Å². The van der Waals surface area contributed by atoms with E-state index in [2.05, 4.69) is 10.6 Å². The number of benzene rings is 2. The van der Waals surface area contributed by atoms with Crippen molar-refractivity contribution < 1.29 is 14.3 Å². The molecule has 1 unspecified atom stereocenters. The van der Waals surface area contributed by atoms with E-state index in [0.717, 1.165) is 5.56 Å². The highest BCUT2D eigenvalue weighted by molar-refractivity contribution is 6.01. The van der Waals surface area contributed by atoms with Gasteiger partial charge in [-0.25, -0.2) is 0 Å². The number of aryl methyl sites for hydroxylation is 1. The van der Waals surface area contributed by atoms with Crippen LogP contribution in [0.2, 0.25) is 0 Å². The number of anilines is 2. The monoisotopic (exact) mass is 355 g/mol. The molecule has 0 aromatic heterocycles. The summed E-state index contributed by atoms with van der Waals surface area (Å²) in [4.78, 5) is 25.1. The molecule has 0 saturated heterocycles. The quantitative estimate of drug-likeness (QED) is 0.695. The summed E-state index contributed by atoms with van der Waals surface area (Å²) < 4.78 is 5.11. The summed E-state index contributed by atoms with van der Waals surface area (Å²) in [6.07, 6.45) is 0. The molecule has 0 fully saturated rings. The lowest BCUT2D eigenvalue weighted by Crippen LogP contribution is -2.47. The van der Waals surface area contributed by atoms with Crippen molar-refractivity contribution in [1.29, 1.82) is 0 Å². The number of hydrogen-bond donors (Lipinski definition) is 3. The number of nitrogen functional groups attached to an aromatic ring is 1. The highest BCUT2D eigenvalue weighted by Crippen LogP contribution is 2.24. The number of carbonyl (C=O) groups is 2. The maximum absolute atomic E-state index is 12.6. The van der Waals surface area contributed by atoms with Gasteiger partial charge in [0.05, 0.1) is 12.8 Å².